The summed E-state index contributed by atoms with van der Waals surface area (Å²) in [5.41, 5.74) is 0.405. The molecular formula is C20H29NO4. The standard InChI is InChI=1S/C20H29NO4/c1-19(2,3)24-17(22)16-12-9-11-15(14-16)10-7-8-13-21-18(23)25-20(4,5)6/h7,9-12,14H,8,13H2,1-6H3,(H,21,23). The molecule has 0 heterocycles. The Morgan fingerprint density at radius 1 is 1.04 bits per heavy atom. The lowest BCUT2D eigenvalue weighted by molar-refractivity contribution is 0.00692. The van der Waals surface area contributed by atoms with Crippen LogP contribution < -0.4 is 5.32 Å². The second-order valence-electron chi connectivity index (χ2n) is 7.75. The Balaban J connectivity index is 2.49. The smallest absolute Gasteiger partial charge is 0.407 e. The molecular weight excluding hydrogens is 318 g/mol. The number of nitrogens with one attached hydrogen (secondary N) is 1. The zero-order chi connectivity index (χ0) is 19.1. The van der Waals surface area contributed by atoms with Gasteiger partial charge in [-0.1, -0.05) is 24.3 Å². The van der Waals surface area contributed by atoms with Crippen LogP contribution in [0.4, 0.5) is 4.79 Å². The van der Waals surface area contributed by atoms with Gasteiger partial charge in [-0.2, -0.15) is 0 Å². The van der Waals surface area contributed by atoms with Crippen LogP contribution >= 0.6 is 0 Å². The highest BCUT2D eigenvalue weighted by molar-refractivity contribution is 5.90. The molecule has 1 amide bonds. The van der Waals surface area contributed by atoms with Crippen molar-refractivity contribution < 1.29 is 19.1 Å². The summed E-state index contributed by atoms with van der Waals surface area (Å²) in [6.45, 7) is 11.5. The van der Waals surface area contributed by atoms with E-state index in [4.69, 9.17) is 9.47 Å². The van der Waals surface area contributed by atoms with Crippen LogP contribution in [0, 0.1) is 0 Å². The van der Waals surface area contributed by atoms with Gasteiger partial charge in [-0.15, -0.1) is 0 Å². The van der Waals surface area contributed by atoms with E-state index in [0.717, 1.165) is 5.56 Å². The highest BCUT2D eigenvalue weighted by Crippen LogP contribution is 2.14. The monoisotopic (exact) mass is 347 g/mol. The lowest BCUT2D eigenvalue weighted by atomic mass is 10.1. The first kappa shape index (κ1) is 20.7. The number of carbonyl (C=O) groups excluding carboxylic acids is 2. The Labute approximate surface area is 150 Å². The van der Waals surface area contributed by atoms with E-state index in [1.54, 1.807) is 12.1 Å². The summed E-state index contributed by atoms with van der Waals surface area (Å²) >= 11 is 0. The van der Waals surface area contributed by atoms with Crippen LogP contribution in [0.3, 0.4) is 0 Å². The number of carbonyl (C=O) groups is 2. The quantitative estimate of drug-likeness (QED) is 0.626. The van der Waals surface area contributed by atoms with Gasteiger partial charge in [0.25, 0.3) is 0 Å². The molecule has 0 fully saturated rings. The van der Waals surface area contributed by atoms with Crippen molar-refractivity contribution in [3.8, 4) is 0 Å². The molecule has 0 aliphatic heterocycles. The molecule has 5 heteroatoms. The Morgan fingerprint density at radius 3 is 2.28 bits per heavy atom. The molecule has 0 spiro atoms. The summed E-state index contributed by atoms with van der Waals surface area (Å²) in [6.07, 6.45) is 4.08. The number of alkyl carbamates (subject to hydrolysis) is 1. The van der Waals surface area contributed by atoms with Gasteiger partial charge in [0.05, 0.1) is 5.56 Å². The number of esters is 1. The highest BCUT2D eigenvalue weighted by atomic mass is 16.6. The summed E-state index contributed by atoms with van der Waals surface area (Å²) in [6, 6.07) is 7.24. The minimum atomic E-state index is -0.518. The third-order valence-corrected chi connectivity index (χ3v) is 2.81. The maximum absolute atomic E-state index is 12.1. The first-order valence-corrected chi connectivity index (χ1v) is 8.43. The molecule has 0 saturated heterocycles. The molecule has 25 heavy (non-hydrogen) atoms. The maximum Gasteiger partial charge on any atom is 0.407 e. The average molecular weight is 347 g/mol. The highest BCUT2D eigenvalue weighted by Gasteiger charge is 2.17. The predicted octanol–water partition coefficient (Wildman–Crippen LogP) is 4.57. The lowest BCUT2D eigenvalue weighted by Gasteiger charge is -2.19. The van der Waals surface area contributed by atoms with E-state index < -0.39 is 17.3 Å². The predicted molar refractivity (Wildman–Crippen MR) is 99.5 cm³/mol. The Morgan fingerprint density at radius 2 is 1.68 bits per heavy atom. The minimum absolute atomic E-state index is 0.339. The number of ether oxygens (including phenoxy) is 2. The summed E-state index contributed by atoms with van der Waals surface area (Å²) in [5, 5.41) is 2.69. The van der Waals surface area contributed by atoms with E-state index in [-0.39, 0.29) is 5.97 Å². The fraction of sp³-hybridized carbons (Fsp3) is 0.500. The van der Waals surface area contributed by atoms with Gasteiger partial charge >= 0.3 is 12.1 Å². The molecule has 138 valence electrons. The number of hydrogen-bond donors (Lipinski definition) is 1. The van der Waals surface area contributed by atoms with Gasteiger partial charge in [0.1, 0.15) is 11.2 Å². The van der Waals surface area contributed by atoms with Crippen LogP contribution in [0.2, 0.25) is 0 Å². The first-order chi connectivity index (χ1) is 11.5. The van der Waals surface area contributed by atoms with Crippen LogP contribution in [0.25, 0.3) is 6.08 Å². The van der Waals surface area contributed by atoms with Crippen molar-refractivity contribution in [3.63, 3.8) is 0 Å². The third kappa shape index (κ3) is 9.55. The molecule has 0 aliphatic carbocycles. The molecule has 0 radical (unpaired) electrons. The fourth-order valence-electron chi connectivity index (χ4n) is 1.90. The Hall–Kier alpha value is -2.30. The number of rotatable bonds is 5. The van der Waals surface area contributed by atoms with Crippen molar-refractivity contribution >= 4 is 18.1 Å². The molecule has 0 unspecified atom stereocenters. The number of amides is 1. The normalized spacial score (nSPS) is 12.1. The largest absolute Gasteiger partial charge is 0.456 e. The van der Waals surface area contributed by atoms with Crippen molar-refractivity contribution in [2.24, 2.45) is 0 Å². The zero-order valence-corrected chi connectivity index (χ0v) is 16.0. The lowest BCUT2D eigenvalue weighted by Crippen LogP contribution is -2.32. The van der Waals surface area contributed by atoms with Crippen molar-refractivity contribution in [1.82, 2.24) is 5.32 Å². The SMILES string of the molecule is CC(C)(C)OC(=O)NCCC=Cc1cccc(C(=O)OC(C)(C)C)c1. The number of benzene rings is 1. The topological polar surface area (TPSA) is 64.6 Å². The third-order valence-electron chi connectivity index (χ3n) is 2.81. The summed E-state index contributed by atoms with van der Waals surface area (Å²) in [4.78, 5) is 23.6. The molecule has 0 saturated carbocycles. The maximum atomic E-state index is 12.1. The summed E-state index contributed by atoms with van der Waals surface area (Å²) in [7, 11) is 0. The second kappa shape index (κ2) is 8.70. The molecule has 1 N–H and O–H groups in total. The van der Waals surface area contributed by atoms with Gasteiger partial charge in [0.2, 0.25) is 0 Å². The van der Waals surface area contributed by atoms with Gasteiger partial charge in [-0.3, -0.25) is 0 Å². The Kier molecular flexibility index (Phi) is 7.22. The van der Waals surface area contributed by atoms with Gasteiger partial charge in [0, 0.05) is 6.54 Å². The van der Waals surface area contributed by atoms with Crippen molar-refractivity contribution in [1.29, 1.82) is 0 Å². The van der Waals surface area contributed by atoms with Gasteiger partial charge in [0.15, 0.2) is 0 Å². The van der Waals surface area contributed by atoms with Crippen molar-refractivity contribution in [3.05, 3.63) is 41.5 Å². The Bertz CT molecular complexity index is 621. The van der Waals surface area contributed by atoms with Gasteiger partial charge < -0.3 is 14.8 Å². The van der Waals surface area contributed by atoms with E-state index >= 15 is 0 Å². The second-order valence-corrected chi connectivity index (χ2v) is 7.75. The molecule has 0 atom stereocenters. The first-order valence-electron chi connectivity index (χ1n) is 8.43. The average Bonchev–Trinajstić information content (AvgIpc) is 2.43. The molecule has 0 bridgehead atoms. The molecule has 1 aromatic rings. The van der Waals surface area contributed by atoms with E-state index in [0.29, 0.717) is 18.5 Å². The van der Waals surface area contributed by atoms with E-state index in [1.165, 1.54) is 0 Å². The fourth-order valence-corrected chi connectivity index (χ4v) is 1.90. The van der Waals surface area contributed by atoms with E-state index in [9.17, 15) is 9.59 Å². The van der Waals surface area contributed by atoms with Crippen LogP contribution in [-0.2, 0) is 9.47 Å². The van der Waals surface area contributed by atoms with Crippen molar-refractivity contribution in [2.75, 3.05) is 6.54 Å². The zero-order valence-electron chi connectivity index (χ0n) is 16.0. The molecule has 0 aromatic heterocycles. The molecule has 0 aliphatic rings. The van der Waals surface area contributed by atoms with E-state index in [2.05, 4.69) is 5.32 Å². The van der Waals surface area contributed by atoms with Crippen molar-refractivity contribution in [2.45, 2.75) is 59.2 Å². The summed E-state index contributed by atoms with van der Waals surface area (Å²) < 4.78 is 10.5. The van der Waals surface area contributed by atoms with Crippen LogP contribution in [-0.4, -0.2) is 29.8 Å². The molecule has 1 aromatic carbocycles. The molecule has 5 nitrogen and oxygen atoms in total. The minimum Gasteiger partial charge on any atom is -0.456 e. The van der Waals surface area contributed by atoms with E-state index in [1.807, 2.05) is 65.8 Å². The van der Waals surface area contributed by atoms with Gasteiger partial charge in [-0.05, 0) is 65.7 Å². The van der Waals surface area contributed by atoms with Crippen LogP contribution in [0.5, 0.6) is 0 Å². The van der Waals surface area contributed by atoms with Crippen LogP contribution in [0.1, 0.15) is 63.9 Å². The summed E-state index contributed by atoms with van der Waals surface area (Å²) in [5.74, 6) is -0.339. The van der Waals surface area contributed by atoms with Gasteiger partial charge in [-0.25, -0.2) is 9.59 Å². The number of hydrogen-bond acceptors (Lipinski definition) is 4. The molecule has 1 rings (SSSR count). The van der Waals surface area contributed by atoms with Crippen LogP contribution in [0.15, 0.2) is 30.3 Å².